The van der Waals surface area contributed by atoms with E-state index in [4.69, 9.17) is 5.73 Å². The van der Waals surface area contributed by atoms with E-state index in [9.17, 15) is 8.78 Å². The van der Waals surface area contributed by atoms with Crippen LogP contribution in [0.25, 0.3) is 16.7 Å². The van der Waals surface area contributed by atoms with Crippen LogP contribution in [0, 0.1) is 11.6 Å². The van der Waals surface area contributed by atoms with E-state index >= 15 is 0 Å². The van der Waals surface area contributed by atoms with Gasteiger partial charge in [-0.2, -0.15) is 0 Å². The summed E-state index contributed by atoms with van der Waals surface area (Å²) in [6.07, 6.45) is 0.920. The van der Waals surface area contributed by atoms with Crippen LogP contribution < -0.4 is 5.73 Å². The predicted molar refractivity (Wildman–Crippen MR) is 74.8 cm³/mol. The minimum Gasteiger partial charge on any atom is -0.369 e. The molecule has 0 saturated carbocycles. The standard InChI is InChI=1S/C15H13F2N3/c1-2-9-3-5-11(6-4-9)20-13-8-10(16)7-12(17)14(13)19-15(20)18/h3-8H,2H2,1H3,(H2,18,19). The van der Waals surface area contributed by atoms with Gasteiger partial charge >= 0.3 is 0 Å². The van der Waals surface area contributed by atoms with E-state index in [-0.39, 0.29) is 11.5 Å². The number of halogens is 2. The van der Waals surface area contributed by atoms with Crippen LogP contribution >= 0.6 is 0 Å². The van der Waals surface area contributed by atoms with E-state index in [1.54, 1.807) is 4.57 Å². The molecular weight excluding hydrogens is 260 g/mol. The SMILES string of the molecule is CCc1ccc(-n2c(N)nc3c(F)cc(F)cc32)cc1. The lowest BCUT2D eigenvalue weighted by Crippen LogP contribution is -2.00. The summed E-state index contributed by atoms with van der Waals surface area (Å²) in [6.45, 7) is 2.06. The molecule has 102 valence electrons. The molecule has 3 rings (SSSR count). The molecule has 0 aliphatic heterocycles. The summed E-state index contributed by atoms with van der Waals surface area (Å²) in [5, 5.41) is 0. The van der Waals surface area contributed by atoms with Crippen molar-refractivity contribution >= 4 is 17.0 Å². The average Bonchev–Trinajstić information content (AvgIpc) is 2.76. The number of benzene rings is 2. The number of nitrogens with two attached hydrogens (primary N) is 1. The van der Waals surface area contributed by atoms with Gasteiger partial charge in [0.15, 0.2) is 5.82 Å². The third kappa shape index (κ3) is 1.91. The van der Waals surface area contributed by atoms with Gasteiger partial charge in [-0.3, -0.25) is 4.57 Å². The fraction of sp³-hybridized carbons (Fsp3) is 0.133. The minimum absolute atomic E-state index is 0.0727. The zero-order valence-corrected chi connectivity index (χ0v) is 10.9. The van der Waals surface area contributed by atoms with Crippen molar-refractivity contribution in [1.82, 2.24) is 9.55 Å². The highest BCUT2D eigenvalue weighted by Crippen LogP contribution is 2.26. The summed E-state index contributed by atoms with van der Waals surface area (Å²) in [5.41, 5.74) is 8.14. The third-order valence-corrected chi connectivity index (χ3v) is 3.31. The Balaban J connectivity index is 2.26. The van der Waals surface area contributed by atoms with Crippen molar-refractivity contribution in [3.05, 3.63) is 53.6 Å². The van der Waals surface area contributed by atoms with Gasteiger partial charge in [0.2, 0.25) is 5.95 Å². The highest BCUT2D eigenvalue weighted by Gasteiger charge is 2.14. The zero-order chi connectivity index (χ0) is 14.3. The highest BCUT2D eigenvalue weighted by atomic mass is 19.1. The zero-order valence-electron chi connectivity index (χ0n) is 10.9. The first-order valence-corrected chi connectivity index (χ1v) is 6.32. The number of nitrogen functional groups attached to an aromatic ring is 1. The number of imidazole rings is 1. The lowest BCUT2D eigenvalue weighted by Gasteiger charge is -2.07. The molecule has 1 aromatic heterocycles. The van der Waals surface area contributed by atoms with Crippen LogP contribution in [0.4, 0.5) is 14.7 Å². The van der Waals surface area contributed by atoms with E-state index in [0.29, 0.717) is 5.52 Å². The van der Waals surface area contributed by atoms with Crippen molar-refractivity contribution in [2.45, 2.75) is 13.3 Å². The second-order valence-electron chi connectivity index (χ2n) is 4.58. The van der Waals surface area contributed by atoms with Gasteiger partial charge < -0.3 is 5.73 Å². The fourth-order valence-electron chi connectivity index (χ4n) is 2.27. The van der Waals surface area contributed by atoms with Crippen LogP contribution in [-0.4, -0.2) is 9.55 Å². The molecule has 0 amide bonds. The second-order valence-corrected chi connectivity index (χ2v) is 4.58. The molecule has 0 aliphatic carbocycles. The van der Waals surface area contributed by atoms with Crippen molar-refractivity contribution < 1.29 is 8.78 Å². The number of aromatic nitrogens is 2. The molecule has 0 radical (unpaired) electrons. The topological polar surface area (TPSA) is 43.8 Å². The Labute approximate surface area is 114 Å². The van der Waals surface area contributed by atoms with Gasteiger partial charge in [0, 0.05) is 17.8 Å². The monoisotopic (exact) mass is 273 g/mol. The van der Waals surface area contributed by atoms with Gasteiger partial charge in [0.1, 0.15) is 11.3 Å². The molecule has 3 aromatic rings. The molecule has 20 heavy (non-hydrogen) atoms. The molecule has 0 atom stereocenters. The molecule has 0 bridgehead atoms. The largest absolute Gasteiger partial charge is 0.369 e. The van der Waals surface area contributed by atoms with Crippen LogP contribution in [-0.2, 0) is 6.42 Å². The van der Waals surface area contributed by atoms with Gasteiger partial charge in [-0.15, -0.1) is 0 Å². The van der Waals surface area contributed by atoms with Crippen LogP contribution in [0.1, 0.15) is 12.5 Å². The second kappa shape index (κ2) is 4.59. The first-order valence-electron chi connectivity index (χ1n) is 6.32. The summed E-state index contributed by atoms with van der Waals surface area (Å²) >= 11 is 0. The number of rotatable bonds is 2. The molecule has 5 heteroatoms. The summed E-state index contributed by atoms with van der Waals surface area (Å²) in [7, 11) is 0. The van der Waals surface area contributed by atoms with Crippen LogP contribution in [0.5, 0.6) is 0 Å². The van der Waals surface area contributed by atoms with Crippen LogP contribution in [0.2, 0.25) is 0 Å². The number of aryl methyl sites for hydroxylation is 1. The normalized spacial score (nSPS) is 11.2. The summed E-state index contributed by atoms with van der Waals surface area (Å²) < 4.78 is 28.6. The predicted octanol–water partition coefficient (Wildman–Crippen LogP) is 3.45. The molecule has 0 fully saturated rings. The maximum atomic E-state index is 13.7. The Hall–Kier alpha value is -2.43. The Kier molecular flexibility index (Phi) is 2.89. The van der Waals surface area contributed by atoms with E-state index in [0.717, 1.165) is 18.2 Å². The smallest absolute Gasteiger partial charge is 0.206 e. The van der Waals surface area contributed by atoms with Gasteiger partial charge in [-0.1, -0.05) is 19.1 Å². The van der Waals surface area contributed by atoms with Crippen LogP contribution in [0.15, 0.2) is 36.4 Å². The lowest BCUT2D eigenvalue weighted by atomic mass is 10.1. The molecule has 0 spiro atoms. The highest BCUT2D eigenvalue weighted by molar-refractivity contribution is 5.81. The first kappa shape index (κ1) is 12.6. The van der Waals surface area contributed by atoms with Gasteiger partial charge in [0.05, 0.1) is 5.52 Å². The van der Waals surface area contributed by atoms with Gasteiger partial charge in [-0.25, -0.2) is 13.8 Å². The van der Waals surface area contributed by atoms with E-state index in [2.05, 4.69) is 11.9 Å². The van der Waals surface area contributed by atoms with Crippen molar-refractivity contribution in [1.29, 1.82) is 0 Å². The molecule has 2 aromatic carbocycles. The van der Waals surface area contributed by atoms with Gasteiger partial charge in [0.25, 0.3) is 0 Å². The van der Waals surface area contributed by atoms with Crippen molar-refractivity contribution in [3.63, 3.8) is 0 Å². The molecule has 0 saturated heterocycles. The van der Waals surface area contributed by atoms with E-state index in [1.165, 1.54) is 11.6 Å². The first-order chi connectivity index (χ1) is 9.60. The lowest BCUT2D eigenvalue weighted by molar-refractivity contribution is 0.590. The van der Waals surface area contributed by atoms with Crippen molar-refractivity contribution in [2.75, 3.05) is 5.73 Å². The number of hydrogen-bond donors (Lipinski definition) is 1. The molecule has 1 heterocycles. The molecule has 0 unspecified atom stereocenters. The molecule has 2 N–H and O–H groups in total. The third-order valence-electron chi connectivity index (χ3n) is 3.31. The van der Waals surface area contributed by atoms with Crippen molar-refractivity contribution in [3.8, 4) is 5.69 Å². The Morgan fingerprint density at radius 3 is 2.50 bits per heavy atom. The number of nitrogens with zero attached hydrogens (tertiary/aromatic N) is 2. The Morgan fingerprint density at radius 1 is 1.15 bits per heavy atom. The number of anilines is 1. The summed E-state index contributed by atoms with van der Waals surface area (Å²) in [6, 6.07) is 9.67. The van der Waals surface area contributed by atoms with Gasteiger partial charge in [-0.05, 0) is 24.1 Å². The number of fused-ring (bicyclic) bond motifs is 1. The van der Waals surface area contributed by atoms with Crippen molar-refractivity contribution in [2.24, 2.45) is 0 Å². The number of hydrogen-bond acceptors (Lipinski definition) is 2. The van der Waals surface area contributed by atoms with E-state index < -0.39 is 11.6 Å². The summed E-state index contributed by atoms with van der Waals surface area (Å²) in [4.78, 5) is 3.97. The Morgan fingerprint density at radius 2 is 1.85 bits per heavy atom. The molecule has 3 nitrogen and oxygen atoms in total. The maximum Gasteiger partial charge on any atom is 0.206 e. The van der Waals surface area contributed by atoms with E-state index in [1.807, 2.05) is 24.3 Å². The Bertz CT molecular complexity index is 776. The minimum atomic E-state index is -0.712. The fourth-order valence-corrected chi connectivity index (χ4v) is 2.27. The maximum absolute atomic E-state index is 13.7. The average molecular weight is 273 g/mol. The van der Waals surface area contributed by atoms with Crippen LogP contribution in [0.3, 0.4) is 0 Å². The quantitative estimate of drug-likeness (QED) is 0.777. The molecule has 0 aliphatic rings. The molecular formula is C15H13F2N3. The summed E-state index contributed by atoms with van der Waals surface area (Å²) in [5.74, 6) is -1.23.